The van der Waals surface area contributed by atoms with Gasteiger partial charge in [-0.25, -0.2) is 4.98 Å². The molecule has 0 saturated carbocycles. The summed E-state index contributed by atoms with van der Waals surface area (Å²) in [6, 6.07) is 10.8. The predicted molar refractivity (Wildman–Crippen MR) is 118 cm³/mol. The number of likely N-dealkylation sites (tertiary alicyclic amines) is 1. The van der Waals surface area contributed by atoms with E-state index < -0.39 is 0 Å². The van der Waals surface area contributed by atoms with E-state index in [1.807, 2.05) is 36.6 Å². The molecule has 6 nitrogen and oxygen atoms in total. The number of ether oxygens (including phenoxy) is 1. The van der Waals surface area contributed by atoms with E-state index in [4.69, 9.17) is 14.8 Å². The van der Waals surface area contributed by atoms with Crippen molar-refractivity contribution < 1.29 is 4.74 Å². The van der Waals surface area contributed by atoms with Gasteiger partial charge in [0.15, 0.2) is 5.65 Å². The zero-order valence-electron chi connectivity index (χ0n) is 17.9. The van der Waals surface area contributed by atoms with Crippen LogP contribution in [0.15, 0.2) is 30.3 Å². The van der Waals surface area contributed by atoms with Gasteiger partial charge in [-0.2, -0.15) is 9.61 Å². The molecular formula is C23H31N5O. The summed E-state index contributed by atoms with van der Waals surface area (Å²) < 4.78 is 7.52. The molecule has 154 valence electrons. The summed E-state index contributed by atoms with van der Waals surface area (Å²) >= 11 is 0. The smallest absolute Gasteiger partial charge is 0.165 e. The molecule has 1 aliphatic heterocycles. The van der Waals surface area contributed by atoms with Crippen LogP contribution in [0.4, 0.5) is 5.82 Å². The summed E-state index contributed by atoms with van der Waals surface area (Å²) in [6.07, 6.45) is 3.97. The molecule has 6 heteroatoms. The van der Waals surface area contributed by atoms with Crippen LogP contribution in [0.3, 0.4) is 0 Å². The van der Waals surface area contributed by atoms with Crippen molar-refractivity contribution in [1.29, 1.82) is 0 Å². The van der Waals surface area contributed by atoms with Gasteiger partial charge in [0.05, 0.1) is 18.4 Å². The number of hydrogen-bond acceptors (Lipinski definition) is 5. The van der Waals surface area contributed by atoms with Crippen LogP contribution in [-0.2, 0) is 0 Å². The molecule has 1 fully saturated rings. The van der Waals surface area contributed by atoms with Crippen LogP contribution in [0.5, 0.6) is 5.75 Å². The number of para-hydroxylation sites is 1. The van der Waals surface area contributed by atoms with Crippen LogP contribution < -0.4 is 10.1 Å². The number of fused-ring (bicyclic) bond motifs is 1. The molecule has 0 aliphatic carbocycles. The molecule has 1 aliphatic rings. The third-order valence-electron chi connectivity index (χ3n) is 5.91. The number of aromatic nitrogens is 3. The van der Waals surface area contributed by atoms with Gasteiger partial charge >= 0.3 is 0 Å². The molecule has 0 bridgehead atoms. The van der Waals surface area contributed by atoms with Crippen molar-refractivity contribution in [3.63, 3.8) is 0 Å². The molecule has 29 heavy (non-hydrogen) atoms. The van der Waals surface area contributed by atoms with Crippen molar-refractivity contribution in [2.24, 2.45) is 0 Å². The summed E-state index contributed by atoms with van der Waals surface area (Å²) in [6.45, 7) is 9.55. The lowest BCUT2D eigenvalue weighted by atomic mass is 10.0. The molecule has 0 spiro atoms. The SMILES string of the molecule is COc1ccccc1-c1c(C)nn2c(NCCN3CCCCC3C)cc(C)nc12. The molecule has 2 aromatic heterocycles. The van der Waals surface area contributed by atoms with Gasteiger partial charge in [-0.1, -0.05) is 24.6 Å². The first kappa shape index (κ1) is 19.7. The zero-order chi connectivity index (χ0) is 20.4. The first-order valence-electron chi connectivity index (χ1n) is 10.6. The van der Waals surface area contributed by atoms with Gasteiger partial charge < -0.3 is 10.1 Å². The monoisotopic (exact) mass is 393 g/mol. The van der Waals surface area contributed by atoms with Crippen LogP contribution >= 0.6 is 0 Å². The molecule has 1 aromatic carbocycles. The van der Waals surface area contributed by atoms with E-state index in [1.165, 1.54) is 25.8 Å². The number of benzene rings is 1. The fourth-order valence-electron chi connectivity index (χ4n) is 4.35. The maximum atomic E-state index is 5.59. The van der Waals surface area contributed by atoms with Crippen molar-refractivity contribution in [2.75, 3.05) is 32.1 Å². The van der Waals surface area contributed by atoms with E-state index in [-0.39, 0.29) is 0 Å². The second-order valence-corrected chi connectivity index (χ2v) is 7.99. The van der Waals surface area contributed by atoms with Gasteiger partial charge in [0.1, 0.15) is 11.6 Å². The highest BCUT2D eigenvalue weighted by molar-refractivity contribution is 5.84. The van der Waals surface area contributed by atoms with Crippen molar-refractivity contribution >= 4 is 11.5 Å². The Kier molecular flexibility index (Phi) is 5.72. The molecule has 1 saturated heterocycles. The molecule has 0 radical (unpaired) electrons. The molecule has 1 unspecified atom stereocenters. The van der Waals surface area contributed by atoms with Crippen LogP contribution in [0.1, 0.15) is 37.6 Å². The maximum Gasteiger partial charge on any atom is 0.165 e. The molecule has 1 N–H and O–H groups in total. The van der Waals surface area contributed by atoms with Crippen LogP contribution in [0.25, 0.3) is 16.8 Å². The number of hydrogen-bond donors (Lipinski definition) is 1. The lowest BCUT2D eigenvalue weighted by molar-refractivity contribution is 0.167. The summed E-state index contributed by atoms with van der Waals surface area (Å²) in [7, 11) is 1.70. The van der Waals surface area contributed by atoms with E-state index in [0.29, 0.717) is 6.04 Å². The van der Waals surface area contributed by atoms with Crippen LogP contribution in [0, 0.1) is 13.8 Å². The quantitative estimate of drug-likeness (QED) is 0.676. The predicted octanol–water partition coefficient (Wildman–Crippen LogP) is 4.31. The van der Waals surface area contributed by atoms with E-state index in [2.05, 4.69) is 29.3 Å². The van der Waals surface area contributed by atoms with Gasteiger partial charge in [0.2, 0.25) is 0 Å². The van der Waals surface area contributed by atoms with Gasteiger partial charge in [-0.3, -0.25) is 4.90 Å². The first-order valence-corrected chi connectivity index (χ1v) is 10.6. The second kappa shape index (κ2) is 8.41. The topological polar surface area (TPSA) is 54.7 Å². The molecule has 1 atom stereocenters. The van der Waals surface area contributed by atoms with Crippen LogP contribution in [-0.4, -0.2) is 52.3 Å². The Balaban J connectivity index is 1.64. The fourth-order valence-corrected chi connectivity index (χ4v) is 4.35. The highest BCUT2D eigenvalue weighted by Crippen LogP contribution is 2.35. The Morgan fingerprint density at radius 3 is 2.83 bits per heavy atom. The Bertz CT molecular complexity index is 996. The van der Waals surface area contributed by atoms with Crippen molar-refractivity contribution in [1.82, 2.24) is 19.5 Å². The van der Waals surface area contributed by atoms with Gasteiger partial charge in [-0.05, 0) is 46.2 Å². The Labute approximate surface area is 172 Å². The molecular weight excluding hydrogens is 362 g/mol. The van der Waals surface area contributed by atoms with E-state index in [9.17, 15) is 0 Å². The Morgan fingerprint density at radius 1 is 1.21 bits per heavy atom. The summed E-state index contributed by atoms with van der Waals surface area (Å²) in [5.74, 6) is 1.82. The molecule has 0 amide bonds. The average molecular weight is 394 g/mol. The highest BCUT2D eigenvalue weighted by Gasteiger charge is 2.20. The average Bonchev–Trinajstić information content (AvgIpc) is 3.05. The molecule has 3 heterocycles. The lowest BCUT2D eigenvalue weighted by Crippen LogP contribution is -2.40. The zero-order valence-corrected chi connectivity index (χ0v) is 17.9. The standard InChI is InChI=1S/C23H31N5O/c1-16-15-21(24-12-14-27-13-8-7-9-17(27)2)28-23(25-16)22(18(3)26-28)19-10-5-6-11-20(19)29-4/h5-6,10-11,15,17,24H,7-9,12-14H2,1-4H3. The largest absolute Gasteiger partial charge is 0.496 e. The Hall–Kier alpha value is -2.60. The Morgan fingerprint density at radius 2 is 2.03 bits per heavy atom. The molecule has 4 rings (SSSR count). The summed E-state index contributed by atoms with van der Waals surface area (Å²) in [5.41, 5.74) is 4.83. The number of piperidine rings is 1. The number of rotatable bonds is 6. The molecule has 3 aromatic rings. The van der Waals surface area contributed by atoms with Crippen LogP contribution in [0.2, 0.25) is 0 Å². The third kappa shape index (κ3) is 3.94. The number of aryl methyl sites for hydroxylation is 2. The third-order valence-corrected chi connectivity index (χ3v) is 5.91. The van der Waals surface area contributed by atoms with Crippen molar-refractivity contribution in [2.45, 2.75) is 46.1 Å². The van der Waals surface area contributed by atoms with Gasteiger partial charge in [0, 0.05) is 36.5 Å². The van der Waals surface area contributed by atoms with E-state index >= 15 is 0 Å². The summed E-state index contributed by atoms with van der Waals surface area (Å²) in [4.78, 5) is 7.39. The van der Waals surface area contributed by atoms with Crippen molar-refractivity contribution in [3.05, 3.63) is 41.7 Å². The normalized spacial score (nSPS) is 17.6. The number of nitrogens with one attached hydrogen (secondary N) is 1. The number of methoxy groups -OCH3 is 1. The second-order valence-electron chi connectivity index (χ2n) is 7.99. The maximum absolute atomic E-state index is 5.59. The minimum atomic E-state index is 0.675. The number of anilines is 1. The summed E-state index contributed by atoms with van der Waals surface area (Å²) in [5, 5.41) is 8.41. The van der Waals surface area contributed by atoms with Gasteiger partial charge in [0.25, 0.3) is 0 Å². The van der Waals surface area contributed by atoms with Gasteiger partial charge in [-0.15, -0.1) is 0 Å². The highest BCUT2D eigenvalue weighted by atomic mass is 16.5. The minimum absolute atomic E-state index is 0.675. The van der Waals surface area contributed by atoms with E-state index in [1.54, 1.807) is 7.11 Å². The lowest BCUT2D eigenvalue weighted by Gasteiger charge is -2.33. The van der Waals surface area contributed by atoms with E-state index in [0.717, 1.165) is 52.8 Å². The fraction of sp³-hybridized carbons (Fsp3) is 0.478. The number of nitrogens with zero attached hydrogens (tertiary/aromatic N) is 4. The first-order chi connectivity index (χ1) is 14.1. The van der Waals surface area contributed by atoms with Crippen molar-refractivity contribution in [3.8, 4) is 16.9 Å². The minimum Gasteiger partial charge on any atom is -0.496 e.